The van der Waals surface area contributed by atoms with Gasteiger partial charge in [0.2, 0.25) is 0 Å². The van der Waals surface area contributed by atoms with E-state index in [1.807, 2.05) is 0 Å². The molecule has 0 amide bonds. The van der Waals surface area contributed by atoms with Crippen LogP contribution in [0.2, 0.25) is 0 Å². The van der Waals surface area contributed by atoms with Crippen molar-refractivity contribution in [2.24, 2.45) is 0 Å². The first kappa shape index (κ1) is 42.6. The van der Waals surface area contributed by atoms with Gasteiger partial charge in [-0.1, -0.05) is 217 Å². The van der Waals surface area contributed by atoms with Gasteiger partial charge >= 0.3 is 0 Å². The molecule has 12 rings (SSSR count). The van der Waals surface area contributed by atoms with Gasteiger partial charge in [-0.3, -0.25) is 0 Å². The lowest BCUT2D eigenvalue weighted by Gasteiger charge is -2.35. The first-order chi connectivity index (χ1) is 33.7. The Bertz CT molecular complexity index is 3530. The van der Waals surface area contributed by atoms with Crippen LogP contribution in [0.5, 0.6) is 0 Å². The Hall–Kier alpha value is -7.74. The number of anilines is 3. The quantitative estimate of drug-likeness (QED) is 0.131. The van der Waals surface area contributed by atoms with Crippen molar-refractivity contribution in [1.29, 1.82) is 0 Å². The zero-order valence-electron chi connectivity index (χ0n) is 40.5. The smallest absolute Gasteiger partial charge is 0.0710 e. The molecule has 0 spiro atoms. The van der Waals surface area contributed by atoms with Crippen molar-refractivity contribution >= 4 is 17.1 Å². The van der Waals surface area contributed by atoms with E-state index in [2.05, 4.69) is 271 Å². The van der Waals surface area contributed by atoms with Crippen LogP contribution in [-0.2, 0) is 16.2 Å². The van der Waals surface area contributed by atoms with E-state index in [0.29, 0.717) is 0 Å². The predicted octanol–water partition coefficient (Wildman–Crippen LogP) is 18.3. The van der Waals surface area contributed by atoms with Crippen LogP contribution < -0.4 is 4.90 Å². The molecule has 3 aliphatic rings. The molecule has 0 bridgehead atoms. The fourth-order valence-corrected chi connectivity index (χ4v) is 12.5. The molecule has 0 aliphatic heterocycles. The minimum absolute atomic E-state index is 0.0540. The average Bonchev–Trinajstić information content (AvgIpc) is 3.92. The number of allylic oxidation sites excluding steroid dienone is 4. The van der Waals surface area contributed by atoms with Crippen molar-refractivity contribution in [3.05, 3.63) is 269 Å². The Morgan fingerprint density at radius 2 is 0.884 bits per heavy atom. The number of benzene rings is 9. The Balaban J connectivity index is 0.977. The molecule has 0 saturated heterocycles. The summed E-state index contributed by atoms with van der Waals surface area (Å²) in [5.41, 5.74) is 26.4. The molecular weight excluding hydrogens is 831 g/mol. The van der Waals surface area contributed by atoms with E-state index in [-0.39, 0.29) is 10.8 Å². The van der Waals surface area contributed by atoms with Gasteiger partial charge in [-0.15, -0.1) is 0 Å². The van der Waals surface area contributed by atoms with Gasteiger partial charge in [-0.05, 0) is 156 Å². The molecule has 1 nitrogen and oxygen atoms in total. The van der Waals surface area contributed by atoms with Crippen LogP contribution in [0.25, 0.3) is 55.6 Å². The van der Waals surface area contributed by atoms with Gasteiger partial charge in [-0.2, -0.15) is 0 Å². The van der Waals surface area contributed by atoms with E-state index < -0.39 is 5.41 Å². The minimum Gasteiger partial charge on any atom is -0.310 e. The summed E-state index contributed by atoms with van der Waals surface area (Å²) in [6.45, 7) is 13.9. The summed E-state index contributed by atoms with van der Waals surface area (Å²) in [4.78, 5) is 2.44. The van der Waals surface area contributed by atoms with E-state index in [1.54, 1.807) is 0 Å². The molecule has 0 radical (unpaired) electrons. The third kappa shape index (κ3) is 6.37. The lowest BCUT2D eigenvalue weighted by molar-refractivity contribution is 0.660. The molecule has 1 unspecified atom stereocenters. The van der Waals surface area contributed by atoms with Crippen molar-refractivity contribution in [3.8, 4) is 55.6 Å². The zero-order valence-corrected chi connectivity index (χ0v) is 40.5. The lowest BCUT2D eigenvalue weighted by atomic mass is 9.67. The summed E-state index contributed by atoms with van der Waals surface area (Å²) in [7, 11) is 0. The molecule has 334 valence electrons. The van der Waals surface area contributed by atoms with Crippen LogP contribution in [-0.4, -0.2) is 0 Å². The SMILES string of the molecule is CC=C(C=CCC)C1(c2ccccc2)c2ccccc2-c2c(-c3ccc(N(c4ccc(-c5ccc6c(c5)C(C)(C)c5ccccc5-6)cc4)c4ccc5c(c4)C(C)(C)c4ccccc4-5)cc3)cccc21. The van der Waals surface area contributed by atoms with E-state index in [9.17, 15) is 0 Å². The zero-order chi connectivity index (χ0) is 47.1. The van der Waals surface area contributed by atoms with Crippen LogP contribution in [0.4, 0.5) is 17.1 Å². The van der Waals surface area contributed by atoms with Crippen LogP contribution in [0.1, 0.15) is 86.9 Å². The predicted molar refractivity (Wildman–Crippen MR) is 292 cm³/mol. The normalized spacial score (nSPS) is 16.6. The second-order valence-corrected chi connectivity index (χ2v) is 20.2. The molecule has 0 N–H and O–H groups in total. The molecule has 69 heavy (non-hydrogen) atoms. The first-order valence-electron chi connectivity index (χ1n) is 24.8. The third-order valence-corrected chi connectivity index (χ3v) is 15.9. The van der Waals surface area contributed by atoms with Gasteiger partial charge in [0.15, 0.2) is 0 Å². The molecule has 1 atom stereocenters. The van der Waals surface area contributed by atoms with Gasteiger partial charge in [-0.25, -0.2) is 0 Å². The van der Waals surface area contributed by atoms with E-state index in [4.69, 9.17) is 0 Å². The maximum absolute atomic E-state index is 2.44. The summed E-state index contributed by atoms with van der Waals surface area (Å²) in [5, 5.41) is 0. The van der Waals surface area contributed by atoms with E-state index in [1.165, 1.54) is 100 Å². The highest BCUT2D eigenvalue weighted by Gasteiger charge is 2.47. The van der Waals surface area contributed by atoms with Crippen molar-refractivity contribution in [2.45, 2.75) is 64.2 Å². The number of hydrogen-bond donors (Lipinski definition) is 0. The van der Waals surface area contributed by atoms with Gasteiger partial charge in [0, 0.05) is 27.9 Å². The van der Waals surface area contributed by atoms with Crippen molar-refractivity contribution in [3.63, 3.8) is 0 Å². The largest absolute Gasteiger partial charge is 0.310 e. The standard InChI is InChI=1S/C68H57N/c1-7-9-20-48(8-2)68(49-21-11-10-12-22-49)61-29-18-15-25-58(61)65-53(26-19-30-62(65)68)46-33-38-51(39-34-46)69(52-40-42-57-55-24-14-17-28-60(55)67(5,6)64(57)44-52)50-36-31-45(32-37-50)47-35-41-56-54-23-13-16-27-59(54)66(3,4)63(56)43-47/h8-44H,7H2,1-6H3. The second-order valence-electron chi connectivity index (χ2n) is 20.2. The lowest BCUT2D eigenvalue weighted by Crippen LogP contribution is -2.29. The molecule has 9 aromatic carbocycles. The Morgan fingerprint density at radius 3 is 1.51 bits per heavy atom. The Kier molecular flexibility index (Phi) is 10.0. The van der Waals surface area contributed by atoms with Gasteiger partial charge < -0.3 is 4.90 Å². The highest BCUT2D eigenvalue weighted by Crippen LogP contribution is 2.59. The maximum Gasteiger partial charge on any atom is 0.0710 e. The molecule has 0 saturated carbocycles. The van der Waals surface area contributed by atoms with E-state index >= 15 is 0 Å². The van der Waals surface area contributed by atoms with Crippen molar-refractivity contribution in [2.75, 3.05) is 4.90 Å². The number of rotatable bonds is 9. The summed E-state index contributed by atoms with van der Waals surface area (Å²) in [5.74, 6) is 0. The monoisotopic (exact) mass is 887 g/mol. The van der Waals surface area contributed by atoms with Crippen LogP contribution >= 0.6 is 0 Å². The fraction of sp³-hybridized carbons (Fsp3) is 0.147. The number of nitrogens with zero attached hydrogens (tertiary/aromatic N) is 1. The molecular formula is C68H57N. The van der Waals surface area contributed by atoms with Gasteiger partial charge in [0.05, 0.1) is 5.41 Å². The Morgan fingerprint density at radius 1 is 0.406 bits per heavy atom. The summed E-state index contributed by atoms with van der Waals surface area (Å²) in [6.07, 6.45) is 7.95. The van der Waals surface area contributed by atoms with Crippen LogP contribution in [0.3, 0.4) is 0 Å². The molecule has 1 heteroatoms. The third-order valence-electron chi connectivity index (χ3n) is 15.9. The Labute approximate surface area is 408 Å². The van der Waals surface area contributed by atoms with Crippen molar-refractivity contribution in [1.82, 2.24) is 0 Å². The fourth-order valence-electron chi connectivity index (χ4n) is 12.5. The van der Waals surface area contributed by atoms with Gasteiger partial charge in [0.25, 0.3) is 0 Å². The van der Waals surface area contributed by atoms with Crippen LogP contribution in [0, 0.1) is 0 Å². The molecule has 9 aromatic rings. The summed E-state index contributed by atoms with van der Waals surface area (Å²) in [6, 6.07) is 77.6. The highest BCUT2D eigenvalue weighted by molar-refractivity contribution is 5.96. The molecule has 0 heterocycles. The van der Waals surface area contributed by atoms with E-state index in [0.717, 1.165) is 23.5 Å². The van der Waals surface area contributed by atoms with Crippen LogP contribution in [0.15, 0.2) is 230 Å². The number of fused-ring (bicyclic) bond motifs is 9. The molecule has 0 aromatic heterocycles. The second kappa shape index (κ2) is 16.2. The molecule has 0 fully saturated rings. The van der Waals surface area contributed by atoms with Crippen molar-refractivity contribution < 1.29 is 0 Å². The summed E-state index contributed by atoms with van der Waals surface area (Å²) >= 11 is 0. The maximum atomic E-state index is 2.44. The number of hydrogen-bond acceptors (Lipinski definition) is 1. The van der Waals surface area contributed by atoms with Gasteiger partial charge in [0.1, 0.15) is 0 Å². The topological polar surface area (TPSA) is 3.24 Å². The first-order valence-corrected chi connectivity index (χ1v) is 24.8. The molecule has 3 aliphatic carbocycles. The highest BCUT2D eigenvalue weighted by atomic mass is 15.1. The summed E-state index contributed by atoms with van der Waals surface area (Å²) < 4.78 is 0. The minimum atomic E-state index is -0.450. The average molecular weight is 888 g/mol.